The molecule has 0 saturated carbocycles. The number of carboxylic acid groups (broad SMARTS) is 1. The molecule has 2 saturated heterocycles. The summed E-state index contributed by atoms with van der Waals surface area (Å²) in [6.07, 6.45) is -6.34. The van der Waals surface area contributed by atoms with E-state index in [-0.39, 0.29) is 54.9 Å². The van der Waals surface area contributed by atoms with Gasteiger partial charge in [0.25, 0.3) is 5.56 Å². The third-order valence-electron chi connectivity index (χ3n) is 14.7. The molecule has 22 heteroatoms. The number of H-pyrrole nitrogens is 1. The van der Waals surface area contributed by atoms with Crippen LogP contribution >= 0.6 is 0 Å². The molecular formula is C57H76N4O17Si. The van der Waals surface area contributed by atoms with Crippen molar-refractivity contribution in [2.45, 2.75) is 147 Å². The number of rotatable bonds is 24. The van der Waals surface area contributed by atoms with Crippen LogP contribution in [-0.4, -0.2) is 141 Å². The van der Waals surface area contributed by atoms with E-state index in [0.29, 0.717) is 22.6 Å². The summed E-state index contributed by atoms with van der Waals surface area (Å²) in [4.78, 5) is 95.7. The van der Waals surface area contributed by atoms with Gasteiger partial charge in [0.15, 0.2) is 33.0 Å². The molecule has 7 atom stereocenters. The summed E-state index contributed by atoms with van der Waals surface area (Å²) in [7, 11) is 0.349. The molecule has 21 nitrogen and oxygen atoms in total. The number of hydrogen-bond donors (Lipinski definition) is 3. The molecule has 1 aromatic heterocycles. The van der Waals surface area contributed by atoms with Gasteiger partial charge in [-0.3, -0.25) is 38.3 Å². The van der Waals surface area contributed by atoms with Gasteiger partial charge in [0, 0.05) is 39.0 Å². The number of esters is 2. The average Bonchev–Trinajstić information content (AvgIpc) is 3.43. The SMILES string of the molecule is COc1ccc(C(OC[C@]2(CO[Si](C(C)C)(C(C)C)C(C)C)CN(C(=O)CO[C@@H]3O[C@H](CCC(=O)O)[C@@H](OC(C)=O)[C@H](OC(C)=O)[C@H]3NC(C)=O)C[C@H](n3cc(C)c(=O)[nH]c3=O)O2)(c2ccccc2)c2ccc(OC)cc2)cc1. The number of carboxylic acids is 1. The zero-order valence-electron chi connectivity index (χ0n) is 47.1. The highest BCUT2D eigenvalue weighted by Crippen LogP contribution is 2.46. The van der Waals surface area contributed by atoms with Crippen molar-refractivity contribution < 1.29 is 71.4 Å². The van der Waals surface area contributed by atoms with Crippen LogP contribution in [0.25, 0.3) is 0 Å². The van der Waals surface area contributed by atoms with Crippen molar-refractivity contribution in [1.29, 1.82) is 0 Å². The van der Waals surface area contributed by atoms with Gasteiger partial charge in [-0.1, -0.05) is 96.1 Å². The summed E-state index contributed by atoms with van der Waals surface area (Å²) >= 11 is 0. The van der Waals surface area contributed by atoms with Crippen molar-refractivity contribution in [2.24, 2.45) is 0 Å². The van der Waals surface area contributed by atoms with Gasteiger partial charge in [-0.2, -0.15) is 0 Å². The largest absolute Gasteiger partial charge is 0.497 e. The second kappa shape index (κ2) is 26.5. The number of ether oxygens (including phenoxy) is 8. The van der Waals surface area contributed by atoms with E-state index in [0.717, 1.165) is 19.4 Å². The maximum absolute atomic E-state index is 15.2. The van der Waals surface area contributed by atoms with E-state index < -0.39 is 110 Å². The maximum Gasteiger partial charge on any atom is 0.330 e. The molecule has 3 aromatic carbocycles. The molecule has 79 heavy (non-hydrogen) atoms. The summed E-state index contributed by atoms with van der Waals surface area (Å²) in [5.74, 6) is -2.94. The first kappa shape index (κ1) is 61.5. The first-order valence-electron chi connectivity index (χ1n) is 26.4. The molecule has 0 unspecified atom stereocenters. The maximum atomic E-state index is 15.2. The molecular weight excluding hydrogens is 1040 g/mol. The molecule has 6 rings (SSSR count). The number of amides is 2. The summed E-state index contributed by atoms with van der Waals surface area (Å²) < 4.78 is 58.5. The fourth-order valence-electron chi connectivity index (χ4n) is 11.2. The smallest absolute Gasteiger partial charge is 0.330 e. The quantitative estimate of drug-likeness (QED) is 0.0405. The van der Waals surface area contributed by atoms with Crippen molar-refractivity contribution in [3.63, 3.8) is 0 Å². The standard InChI is InChI=1S/C57H76N4O17Si/c1-34(2)79(35(3)4,36(5)6)74-33-56(32-73-57(41-16-14-13-15-17-41,42-18-22-44(70-11)23-19-42)43-20-24-45(71-12)25-21-43)31-60(29-48(78-56)61-28-37(7)53(68)59-55(61)69)47(65)30-72-54-50(58-38(8)62)52(76-40(10)64)51(75-39(9)63)46(77-54)26-27-49(66)67/h13-25,28,34-36,46,48,50-52,54H,26-27,29-33H2,1-12H3,(H,58,62)(H,66,67)(H,59,68,69)/t46-,48-,50-,51-,52-,54-,56+/m1/s1. The Morgan fingerprint density at radius 2 is 1.34 bits per heavy atom. The van der Waals surface area contributed by atoms with Crippen LogP contribution in [0.4, 0.5) is 0 Å². The van der Waals surface area contributed by atoms with Gasteiger partial charge < -0.3 is 57.6 Å². The number of carbonyl (C=O) groups excluding carboxylic acids is 4. The van der Waals surface area contributed by atoms with Crippen molar-refractivity contribution in [3.8, 4) is 11.5 Å². The summed E-state index contributed by atoms with van der Waals surface area (Å²) in [6.45, 7) is 16.1. The van der Waals surface area contributed by atoms with E-state index in [1.807, 2.05) is 78.9 Å². The lowest BCUT2D eigenvalue weighted by molar-refractivity contribution is -0.273. The first-order valence-corrected chi connectivity index (χ1v) is 28.5. The third-order valence-corrected chi connectivity index (χ3v) is 20.8. The minimum absolute atomic E-state index is 0.0880. The number of aryl methyl sites for hydroxylation is 1. The van der Waals surface area contributed by atoms with E-state index in [1.54, 1.807) is 14.2 Å². The molecule has 0 radical (unpaired) electrons. The second-order valence-electron chi connectivity index (χ2n) is 21.1. The fraction of sp³-hybridized carbons (Fsp3) is 0.526. The topological polar surface area (TPSA) is 259 Å². The minimum atomic E-state index is -2.80. The Morgan fingerprint density at radius 1 is 0.797 bits per heavy atom. The molecule has 2 amide bonds. The van der Waals surface area contributed by atoms with Crippen molar-refractivity contribution in [2.75, 3.05) is 47.1 Å². The number of aromatic nitrogens is 2. The molecule has 2 aliphatic heterocycles. The number of nitrogens with zero attached hydrogens (tertiary/aromatic N) is 2. The number of aliphatic carboxylic acids is 1. The molecule has 0 bridgehead atoms. The van der Waals surface area contributed by atoms with E-state index >= 15 is 4.79 Å². The van der Waals surface area contributed by atoms with E-state index in [1.165, 1.54) is 29.5 Å². The van der Waals surface area contributed by atoms with Gasteiger partial charge in [0.2, 0.25) is 11.8 Å². The highest BCUT2D eigenvalue weighted by Gasteiger charge is 2.54. The molecule has 430 valence electrons. The normalized spacial score (nSPS) is 21.6. The Labute approximate surface area is 461 Å². The van der Waals surface area contributed by atoms with Crippen LogP contribution in [0.3, 0.4) is 0 Å². The van der Waals surface area contributed by atoms with Crippen molar-refractivity contribution in [1.82, 2.24) is 19.8 Å². The molecule has 2 fully saturated rings. The van der Waals surface area contributed by atoms with Crippen LogP contribution in [0.5, 0.6) is 11.5 Å². The molecule has 0 aliphatic carbocycles. The fourth-order valence-corrected chi connectivity index (χ4v) is 16.7. The average molecular weight is 1120 g/mol. The minimum Gasteiger partial charge on any atom is -0.497 e. The highest BCUT2D eigenvalue weighted by molar-refractivity contribution is 6.77. The number of nitrogens with one attached hydrogen (secondary N) is 2. The first-order chi connectivity index (χ1) is 37.4. The van der Waals surface area contributed by atoms with Gasteiger partial charge >= 0.3 is 23.6 Å². The number of methoxy groups -OCH3 is 2. The molecule has 0 spiro atoms. The lowest BCUT2D eigenvalue weighted by atomic mass is 9.79. The number of aromatic amines is 1. The Hall–Kier alpha value is -6.69. The van der Waals surface area contributed by atoms with Gasteiger partial charge in [-0.15, -0.1) is 0 Å². The summed E-state index contributed by atoms with van der Waals surface area (Å²) in [5.41, 5.74) is -1.90. The number of hydrogen-bond acceptors (Lipinski definition) is 16. The third kappa shape index (κ3) is 14.2. The number of morpholine rings is 1. The van der Waals surface area contributed by atoms with Crippen LogP contribution < -0.4 is 26.0 Å². The van der Waals surface area contributed by atoms with Crippen LogP contribution in [0.15, 0.2) is 94.6 Å². The Kier molecular flexibility index (Phi) is 20.6. The van der Waals surface area contributed by atoms with Gasteiger partial charge in [0.05, 0.1) is 40.5 Å². The van der Waals surface area contributed by atoms with Gasteiger partial charge in [-0.25, -0.2) is 4.79 Å². The van der Waals surface area contributed by atoms with Gasteiger partial charge in [0.1, 0.15) is 41.5 Å². The summed E-state index contributed by atoms with van der Waals surface area (Å²) in [5, 5.41) is 12.3. The zero-order valence-corrected chi connectivity index (χ0v) is 48.1. The lowest BCUT2D eigenvalue weighted by Crippen LogP contribution is -2.66. The second-order valence-corrected chi connectivity index (χ2v) is 26.5. The van der Waals surface area contributed by atoms with E-state index in [9.17, 15) is 33.9 Å². The molecule has 4 aromatic rings. The van der Waals surface area contributed by atoms with E-state index in [4.69, 9.17) is 42.3 Å². The van der Waals surface area contributed by atoms with Crippen LogP contribution in [0, 0.1) is 6.92 Å². The predicted molar refractivity (Wildman–Crippen MR) is 291 cm³/mol. The summed E-state index contributed by atoms with van der Waals surface area (Å²) in [6, 6.07) is 23.1. The predicted octanol–water partition coefficient (Wildman–Crippen LogP) is 6.13. The lowest BCUT2D eigenvalue weighted by Gasteiger charge is -2.50. The monoisotopic (exact) mass is 1120 g/mol. The highest BCUT2D eigenvalue weighted by atomic mass is 28.4. The molecule has 3 N–H and O–H groups in total. The Bertz CT molecular complexity index is 2790. The van der Waals surface area contributed by atoms with E-state index in [2.05, 4.69) is 51.8 Å². The Balaban J connectivity index is 1.53. The number of carbonyl (C=O) groups is 5. The molecule has 3 heterocycles. The zero-order chi connectivity index (χ0) is 58.0. The van der Waals surface area contributed by atoms with Crippen LogP contribution in [-0.2, 0) is 62.4 Å². The van der Waals surface area contributed by atoms with Gasteiger partial charge in [-0.05, 0) is 70.9 Å². The van der Waals surface area contributed by atoms with Crippen LogP contribution in [0.1, 0.15) is 104 Å². The molecule has 2 aliphatic rings. The van der Waals surface area contributed by atoms with Crippen molar-refractivity contribution >= 4 is 38.0 Å². The van der Waals surface area contributed by atoms with Crippen molar-refractivity contribution in [3.05, 3.63) is 128 Å². The Morgan fingerprint density at radius 3 is 1.85 bits per heavy atom. The van der Waals surface area contributed by atoms with Crippen LogP contribution in [0.2, 0.25) is 16.6 Å². The number of benzene rings is 3.